The Morgan fingerprint density at radius 2 is 2.11 bits per heavy atom. The number of rotatable bonds is 2. The zero-order valence-electron chi connectivity index (χ0n) is 10.2. The van der Waals surface area contributed by atoms with Crippen LogP contribution in [0.15, 0.2) is 30.3 Å². The van der Waals surface area contributed by atoms with Crippen LogP contribution in [0.1, 0.15) is 18.1 Å². The van der Waals surface area contributed by atoms with E-state index in [2.05, 4.69) is 0 Å². The highest BCUT2D eigenvalue weighted by Crippen LogP contribution is 2.41. The van der Waals surface area contributed by atoms with Crippen LogP contribution in [0.2, 0.25) is 0 Å². The third kappa shape index (κ3) is 1.55. The molecule has 0 atom stereocenters. The molecule has 0 heterocycles. The number of halogens is 1. The maximum absolute atomic E-state index is 13.7. The molecule has 3 rings (SSSR count). The van der Waals surface area contributed by atoms with Gasteiger partial charge in [0.25, 0.3) is 0 Å². The Balaban J connectivity index is 2.18. The van der Waals surface area contributed by atoms with Crippen molar-refractivity contribution in [3.05, 3.63) is 47.3 Å². The first kappa shape index (κ1) is 11.1. The van der Waals surface area contributed by atoms with Gasteiger partial charge in [-0.2, -0.15) is 0 Å². The molecule has 2 aromatic carbocycles. The number of ether oxygens (including phenoxy) is 1. The van der Waals surface area contributed by atoms with Crippen LogP contribution in [0, 0.1) is 5.82 Å². The number of nitrogens with two attached hydrogens (primary N) is 1. The van der Waals surface area contributed by atoms with Crippen LogP contribution >= 0.6 is 0 Å². The molecule has 0 saturated carbocycles. The molecular formula is C15H14FNO. The molecule has 0 unspecified atom stereocenters. The van der Waals surface area contributed by atoms with E-state index in [1.807, 2.05) is 25.1 Å². The number of benzene rings is 2. The predicted molar refractivity (Wildman–Crippen MR) is 70.2 cm³/mol. The fraction of sp³-hybridized carbons (Fsp3) is 0.200. The molecule has 3 heteroatoms. The second-order valence-corrected chi connectivity index (χ2v) is 4.42. The van der Waals surface area contributed by atoms with Gasteiger partial charge in [-0.3, -0.25) is 0 Å². The van der Waals surface area contributed by atoms with Gasteiger partial charge >= 0.3 is 0 Å². The zero-order chi connectivity index (χ0) is 12.7. The molecule has 0 fully saturated rings. The number of nitrogen functional groups attached to an aromatic ring is 1. The molecule has 0 spiro atoms. The topological polar surface area (TPSA) is 35.2 Å². The average Bonchev–Trinajstić information content (AvgIpc) is 2.70. The number of hydrogen-bond acceptors (Lipinski definition) is 2. The van der Waals surface area contributed by atoms with Gasteiger partial charge in [-0.25, -0.2) is 4.39 Å². The fourth-order valence-corrected chi connectivity index (χ4v) is 2.50. The summed E-state index contributed by atoms with van der Waals surface area (Å²) in [6, 6.07) is 8.98. The number of hydrogen-bond donors (Lipinski definition) is 1. The highest BCUT2D eigenvalue weighted by molar-refractivity contribution is 5.80. The summed E-state index contributed by atoms with van der Waals surface area (Å²) in [7, 11) is 0. The van der Waals surface area contributed by atoms with Crippen molar-refractivity contribution in [1.29, 1.82) is 0 Å². The van der Waals surface area contributed by atoms with Gasteiger partial charge in [0.05, 0.1) is 12.3 Å². The molecule has 2 aromatic rings. The van der Waals surface area contributed by atoms with E-state index < -0.39 is 0 Å². The van der Waals surface area contributed by atoms with Crippen molar-refractivity contribution >= 4 is 5.69 Å². The van der Waals surface area contributed by atoms with Gasteiger partial charge in [-0.1, -0.05) is 12.1 Å². The molecule has 0 aromatic heterocycles. The van der Waals surface area contributed by atoms with E-state index in [0.717, 1.165) is 22.3 Å². The average molecular weight is 243 g/mol. The summed E-state index contributed by atoms with van der Waals surface area (Å²) in [5.74, 6) is 0.522. The van der Waals surface area contributed by atoms with Crippen molar-refractivity contribution < 1.29 is 9.13 Å². The standard InChI is InChI=1S/C15H14FNO/c1-2-18-15-8-11-9(7-14(15)17)6-12-10(11)4-3-5-13(12)16/h3-5,7-8H,2,6,17H2,1H3. The molecule has 0 amide bonds. The summed E-state index contributed by atoms with van der Waals surface area (Å²) in [4.78, 5) is 0. The van der Waals surface area contributed by atoms with E-state index in [1.165, 1.54) is 6.07 Å². The van der Waals surface area contributed by atoms with Gasteiger partial charge in [-0.15, -0.1) is 0 Å². The van der Waals surface area contributed by atoms with Crippen LogP contribution in [-0.2, 0) is 6.42 Å². The fourth-order valence-electron chi connectivity index (χ4n) is 2.50. The maximum Gasteiger partial charge on any atom is 0.142 e. The first-order valence-electron chi connectivity index (χ1n) is 6.03. The Bertz CT molecular complexity index is 622. The highest BCUT2D eigenvalue weighted by atomic mass is 19.1. The van der Waals surface area contributed by atoms with Crippen molar-refractivity contribution in [2.24, 2.45) is 0 Å². The lowest BCUT2D eigenvalue weighted by Crippen LogP contribution is -1.98. The van der Waals surface area contributed by atoms with Crippen LogP contribution < -0.4 is 10.5 Å². The zero-order valence-corrected chi connectivity index (χ0v) is 10.2. The molecule has 1 aliphatic rings. The lowest BCUT2D eigenvalue weighted by Gasteiger charge is -2.09. The van der Waals surface area contributed by atoms with Gasteiger partial charge < -0.3 is 10.5 Å². The van der Waals surface area contributed by atoms with E-state index in [1.54, 1.807) is 6.07 Å². The monoisotopic (exact) mass is 243 g/mol. The van der Waals surface area contributed by atoms with Crippen molar-refractivity contribution in [3.63, 3.8) is 0 Å². The van der Waals surface area contributed by atoms with Crippen LogP contribution in [0.25, 0.3) is 11.1 Å². The third-order valence-electron chi connectivity index (χ3n) is 3.31. The summed E-state index contributed by atoms with van der Waals surface area (Å²) in [5, 5.41) is 0. The minimum absolute atomic E-state index is 0.153. The van der Waals surface area contributed by atoms with Crippen LogP contribution in [0.4, 0.5) is 10.1 Å². The summed E-state index contributed by atoms with van der Waals surface area (Å²) in [6.45, 7) is 2.49. The second kappa shape index (κ2) is 4.02. The minimum Gasteiger partial charge on any atom is -0.492 e. The minimum atomic E-state index is -0.153. The Morgan fingerprint density at radius 1 is 1.28 bits per heavy atom. The van der Waals surface area contributed by atoms with Crippen molar-refractivity contribution in [3.8, 4) is 16.9 Å². The quantitative estimate of drug-likeness (QED) is 0.700. The maximum atomic E-state index is 13.7. The SMILES string of the molecule is CCOc1cc2c(cc1N)Cc1c(F)cccc1-2. The first-order valence-corrected chi connectivity index (χ1v) is 6.03. The molecule has 0 radical (unpaired) electrons. The second-order valence-electron chi connectivity index (χ2n) is 4.42. The summed E-state index contributed by atoms with van der Waals surface area (Å²) in [5.41, 5.74) is 10.3. The number of fused-ring (bicyclic) bond motifs is 3. The molecule has 92 valence electrons. The van der Waals surface area contributed by atoms with E-state index in [0.29, 0.717) is 24.5 Å². The van der Waals surface area contributed by atoms with E-state index in [4.69, 9.17) is 10.5 Å². The Hall–Kier alpha value is -2.03. The Morgan fingerprint density at radius 3 is 2.89 bits per heavy atom. The number of anilines is 1. The molecule has 0 bridgehead atoms. The largest absolute Gasteiger partial charge is 0.492 e. The van der Waals surface area contributed by atoms with Gasteiger partial charge in [0.15, 0.2) is 0 Å². The van der Waals surface area contributed by atoms with Crippen LogP contribution in [0.5, 0.6) is 5.75 Å². The molecule has 1 aliphatic carbocycles. The van der Waals surface area contributed by atoms with Gasteiger partial charge in [0.2, 0.25) is 0 Å². The van der Waals surface area contributed by atoms with Gasteiger partial charge in [0, 0.05) is 12.0 Å². The van der Waals surface area contributed by atoms with E-state index in [-0.39, 0.29) is 5.82 Å². The molecule has 2 nitrogen and oxygen atoms in total. The van der Waals surface area contributed by atoms with Crippen LogP contribution in [-0.4, -0.2) is 6.61 Å². The van der Waals surface area contributed by atoms with Crippen LogP contribution in [0.3, 0.4) is 0 Å². The van der Waals surface area contributed by atoms with Crippen molar-refractivity contribution in [2.75, 3.05) is 12.3 Å². The molecular weight excluding hydrogens is 229 g/mol. The normalized spacial score (nSPS) is 12.1. The smallest absolute Gasteiger partial charge is 0.142 e. The molecule has 2 N–H and O–H groups in total. The lowest BCUT2D eigenvalue weighted by atomic mass is 10.0. The third-order valence-corrected chi connectivity index (χ3v) is 3.31. The summed E-state index contributed by atoms with van der Waals surface area (Å²) >= 11 is 0. The van der Waals surface area contributed by atoms with Gasteiger partial charge in [-0.05, 0) is 41.8 Å². The van der Waals surface area contributed by atoms with Crippen molar-refractivity contribution in [2.45, 2.75) is 13.3 Å². The molecule has 18 heavy (non-hydrogen) atoms. The Labute approximate surface area is 105 Å². The first-order chi connectivity index (χ1) is 8.70. The highest BCUT2D eigenvalue weighted by Gasteiger charge is 2.22. The summed E-state index contributed by atoms with van der Waals surface area (Å²) in [6.07, 6.45) is 0.605. The van der Waals surface area contributed by atoms with E-state index in [9.17, 15) is 4.39 Å². The van der Waals surface area contributed by atoms with E-state index >= 15 is 0 Å². The lowest BCUT2D eigenvalue weighted by molar-refractivity contribution is 0.342. The van der Waals surface area contributed by atoms with Gasteiger partial charge in [0.1, 0.15) is 11.6 Å². The summed E-state index contributed by atoms with van der Waals surface area (Å²) < 4.78 is 19.2. The molecule has 0 saturated heterocycles. The Kier molecular flexibility index (Phi) is 2.47. The predicted octanol–water partition coefficient (Wildman–Crippen LogP) is 3.38. The van der Waals surface area contributed by atoms with Crippen molar-refractivity contribution in [1.82, 2.24) is 0 Å². The molecule has 0 aliphatic heterocycles.